The predicted octanol–water partition coefficient (Wildman–Crippen LogP) is 3.86. The first-order valence-corrected chi connectivity index (χ1v) is 7.74. The molecule has 1 aromatic rings. The number of ether oxygens (including phenoxy) is 1. The summed E-state index contributed by atoms with van der Waals surface area (Å²) in [5.41, 5.74) is 0.649. The van der Waals surface area contributed by atoms with Crippen molar-refractivity contribution in [3.05, 3.63) is 30.3 Å². The van der Waals surface area contributed by atoms with Crippen LogP contribution < -0.4 is 5.32 Å². The lowest BCUT2D eigenvalue weighted by Crippen LogP contribution is -2.24. The summed E-state index contributed by atoms with van der Waals surface area (Å²) < 4.78 is 4.40. The van der Waals surface area contributed by atoms with Crippen LogP contribution in [0.2, 0.25) is 0 Å². The highest BCUT2D eigenvalue weighted by atomic mass is 79.9. The van der Waals surface area contributed by atoms with Crippen molar-refractivity contribution >= 4 is 34.0 Å². The third kappa shape index (κ3) is 7.28. The number of para-hydroxylation sites is 1. The molecule has 1 atom stereocenters. The largest absolute Gasteiger partial charge is 0.443 e. The monoisotopic (exact) mass is 341 g/mol. The minimum atomic E-state index is -0.958. The first-order chi connectivity index (χ1) is 9.74. The van der Waals surface area contributed by atoms with Crippen molar-refractivity contribution in [2.75, 3.05) is 5.32 Å². The van der Waals surface area contributed by atoms with Gasteiger partial charge in [-0.1, -0.05) is 56.7 Å². The van der Waals surface area contributed by atoms with Gasteiger partial charge in [-0.3, -0.25) is 9.59 Å². The van der Waals surface area contributed by atoms with Crippen LogP contribution in [-0.2, 0) is 14.3 Å². The second-order valence-electron chi connectivity index (χ2n) is 4.52. The van der Waals surface area contributed by atoms with Gasteiger partial charge < -0.3 is 10.1 Å². The average Bonchev–Trinajstić information content (AvgIpc) is 2.51. The molecule has 0 spiro atoms. The molecule has 1 unspecified atom stereocenters. The Labute approximate surface area is 128 Å². The van der Waals surface area contributed by atoms with Gasteiger partial charge in [-0.15, -0.1) is 0 Å². The third-order valence-electron chi connectivity index (χ3n) is 2.92. The normalized spacial score (nSPS) is 15.2. The van der Waals surface area contributed by atoms with Gasteiger partial charge in [-0.05, 0) is 28.1 Å². The van der Waals surface area contributed by atoms with Crippen molar-refractivity contribution < 1.29 is 14.3 Å². The molecule has 0 bridgehead atoms. The summed E-state index contributed by atoms with van der Waals surface area (Å²) >= 11 is 2.90. The molecule has 1 aliphatic carbocycles. The molecule has 0 aliphatic heterocycles. The molecular weight excluding hydrogens is 322 g/mol. The topological polar surface area (TPSA) is 55.4 Å². The lowest BCUT2D eigenvalue weighted by molar-refractivity contribution is -0.136. The van der Waals surface area contributed by atoms with Gasteiger partial charge in [0, 0.05) is 5.69 Å². The molecule has 1 N–H and O–H groups in total. The molecule has 2 rings (SSSR count). The first kappa shape index (κ1) is 16.7. The number of carbonyl (C=O) groups excluding carboxylic acids is 2. The zero-order valence-electron chi connectivity index (χ0n) is 11.4. The highest BCUT2D eigenvalue weighted by Crippen LogP contribution is 2.15. The van der Waals surface area contributed by atoms with Gasteiger partial charge >= 0.3 is 0 Å². The Morgan fingerprint density at radius 2 is 1.60 bits per heavy atom. The van der Waals surface area contributed by atoms with Crippen LogP contribution >= 0.6 is 15.9 Å². The molecule has 0 aromatic heterocycles. The van der Waals surface area contributed by atoms with Crippen LogP contribution in [0.15, 0.2) is 30.3 Å². The molecule has 1 aromatic carbocycles. The number of hydrogen-bond donors (Lipinski definition) is 1. The molecule has 0 saturated heterocycles. The molecule has 1 fully saturated rings. The van der Waals surface area contributed by atoms with E-state index >= 15 is 0 Å². The van der Waals surface area contributed by atoms with E-state index in [4.69, 9.17) is 0 Å². The summed E-state index contributed by atoms with van der Waals surface area (Å²) in [7, 11) is 0. The number of nitrogens with one attached hydrogen (secondary N) is 1. The Bertz CT molecular complexity index is 382. The lowest BCUT2D eigenvalue weighted by atomic mass is 10.0. The predicted molar refractivity (Wildman–Crippen MR) is 82.6 cm³/mol. The van der Waals surface area contributed by atoms with Gasteiger partial charge in [-0.2, -0.15) is 0 Å². The Kier molecular flexibility index (Phi) is 8.71. The zero-order chi connectivity index (χ0) is 14.6. The van der Waals surface area contributed by atoms with E-state index in [0.717, 1.165) is 0 Å². The van der Waals surface area contributed by atoms with Crippen LogP contribution in [0.5, 0.6) is 0 Å². The fourth-order valence-electron chi connectivity index (χ4n) is 1.89. The van der Waals surface area contributed by atoms with Crippen LogP contribution in [0.4, 0.5) is 5.69 Å². The van der Waals surface area contributed by atoms with Crippen LogP contribution in [0.1, 0.15) is 38.5 Å². The fraction of sp³-hybridized carbons (Fsp3) is 0.467. The smallest absolute Gasteiger partial charge is 0.294 e. The first-order valence-electron chi connectivity index (χ1n) is 6.83. The molecule has 1 amide bonds. The molecule has 1 saturated carbocycles. The molecule has 0 heterocycles. The van der Waals surface area contributed by atoms with E-state index < -0.39 is 10.9 Å². The van der Waals surface area contributed by atoms with E-state index in [9.17, 15) is 9.59 Å². The SMILES string of the molecule is C1CCCCC1.O=COC(Br)C(=O)Nc1ccccc1. The van der Waals surface area contributed by atoms with Crippen molar-refractivity contribution in [1.29, 1.82) is 0 Å². The summed E-state index contributed by atoms with van der Waals surface area (Å²) in [5, 5.41) is 1.60. The molecule has 0 radical (unpaired) electrons. The van der Waals surface area contributed by atoms with Crippen molar-refractivity contribution in [3.8, 4) is 0 Å². The maximum atomic E-state index is 11.3. The second kappa shape index (κ2) is 10.4. The van der Waals surface area contributed by atoms with Crippen LogP contribution in [0.3, 0.4) is 0 Å². The molecule has 20 heavy (non-hydrogen) atoms. The molecular formula is C15H20BrNO3. The number of hydrogen-bond acceptors (Lipinski definition) is 3. The number of carbonyl (C=O) groups is 2. The summed E-state index contributed by atoms with van der Waals surface area (Å²) in [5.74, 6) is -0.427. The molecule has 4 nitrogen and oxygen atoms in total. The second-order valence-corrected chi connectivity index (χ2v) is 5.36. The minimum absolute atomic E-state index is 0.212. The van der Waals surface area contributed by atoms with Gasteiger partial charge in [0.1, 0.15) is 0 Å². The highest BCUT2D eigenvalue weighted by Gasteiger charge is 2.14. The van der Waals surface area contributed by atoms with E-state index in [1.165, 1.54) is 38.5 Å². The van der Waals surface area contributed by atoms with E-state index in [1.807, 2.05) is 6.07 Å². The number of amides is 1. The van der Waals surface area contributed by atoms with Gasteiger partial charge in [0.25, 0.3) is 12.4 Å². The maximum Gasteiger partial charge on any atom is 0.294 e. The van der Waals surface area contributed by atoms with Gasteiger partial charge in [0.15, 0.2) is 0 Å². The molecule has 1 aliphatic rings. The van der Waals surface area contributed by atoms with Crippen molar-refractivity contribution in [2.45, 2.75) is 43.5 Å². The molecule has 110 valence electrons. The van der Waals surface area contributed by atoms with Gasteiger partial charge in [0.05, 0.1) is 0 Å². The van der Waals surface area contributed by atoms with E-state index in [2.05, 4.69) is 26.0 Å². The van der Waals surface area contributed by atoms with Gasteiger partial charge in [-0.25, -0.2) is 0 Å². The maximum absolute atomic E-state index is 11.3. The molecule has 5 heteroatoms. The lowest BCUT2D eigenvalue weighted by Gasteiger charge is -2.08. The fourth-order valence-corrected chi connectivity index (χ4v) is 2.09. The van der Waals surface area contributed by atoms with E-state index in [1.54, 1.807) is 24.3 Å². The van der Waals surface area contributed by atoms with Crippen LogP contribution in [-0.4, -0.2) is 17.4 Å². The van der Waals surface area contributed by atoms with Gasteiger partial charge in [0.2, 0.25) is 5.01 Å². The zero-order valence-corrected chi connectivity index (χ0v) is 13.0. The van der Waals surface area contributed by atoms with E-state index in [-0.39, 0.29) is 6.47 Å². The Morgan fingerprint density at radius 1 is 1.10 bits per heavy atom. The minimum Gasteiger partial charge on any atom is -0.443 e. The van der Waals surface area contributed by atoms with Crippen molar-refractivity contribution in [2.24, 2.45) is 0 Å². The number of rotatable bonds is 4. The van der Waals surface area contributed by atoms with Crippen LogP contribution in [0, 0.1) is 0 Å². The number of alkyl halides is 1. The summed E-state index contributed by atoms with van der Waals surface area (Å²) in [6.07, 6.45) is 9.00. The summed E-state index contributed by atoms with van der Waals surface area (Å²) in [6, 6.07) is 8.89. The summed E-state index contributed by atoms with van der Waals surface area (Å²) in [4.78, 5) is 21.2. The standard InChI is InChI=1S/C9H8BrNO3.C6H12/c10-8(14-6-12)9(13)11-7-4-2-1-3-5-7;1-2-4-6-5-3-1/h1-6,8H,(H,11,13);1-6H2. The Balaban J connectivity index is 0.000000276. The Morgan fingerprint density at radius 3 is 2.05 bits per heavy atom. The average molecular weight is 342 g/mol. The Hall–Kier alpha value is -1.36. The number of anilines is 1. The van der Waals surface area contributed by atoms with E-state index in [0.29, 0.717) is 5.69 Å². The number of halogens is 1. The van der Waals surface area contributed by atoms with Crippen LogP contribution in [0.25, 0.3) is 0 Å². The van der Waals surface area contributed by atoms with Crippen molar-refractivity contribution in [3.63, 3.8) is 0 Å². The quantitative estimate of drug-likeness (QED) is 0.668. The summed E-state index contributed by atoms with van der Waals surface area (Å²) in [6.45, 7) is 0.212. The van der Waals surface area contributed by atoms with Crippen molar-refractivity contribution in [1.82, 2.24) is 0 Å². The highest BCUT2D eigenvalue weighted by molar-refractivity contribution is 9.09. The number of benzene rings is 1. The third-order valence-corrected chi connectivity index (χ3v) is 3.55.